The molecule has 1 aromatic rings. The molecule has 18 heavy (non-hydrogen) atoms. The summed E-state index contributed by atoms with van der Waals surface area (Å²) in [4.78, 5) is 11.3. The Hall–Kier alpha value is -1.65. The van der Waals surface area contributed by atoms with Crippen molar-refractivity contribution in [3.8, 4) is 0 Å². The maximum Gasteiger partial charge on any atom is 0.307 e. The lowest BCUT2D eigenvalue weighted by atomic mass is 9.82. The molecule has 1 aromatic heterocycles. The van der Waals surface area contributed by atoms with Gasteiger partial charge in [0.15, 0.2) is 0 Å². The van der Waals surface area contributed by atoms with Crippen molar-refractivity contribution in [3.05, 3.63) is 23.8 Å². The number of carbonyl (C=O) groups is 1. The molecule has 0 radical (unpaired) electrons. The lowest BCUT2D eigenvalue weighted by molar-refractivity contribution is -0.142. The van der Waals surface area contributed by atoms with E-state index < -0.39 is 11.9 Å². The summed E-state index contributed by atoms with van der Waals surface area (Å²) in [5.41, 5.74) is 0. The Morgan fingerprint density at radius 1 is 1.39 bits per heavy atom. The van der Waals surface area contributed by atoms with E-state index in [4.69, 9.17) is 0 Å². The van der Waals surface area contributed by atoms with Crippen LogP contribution >= 0.6 is 0 Å². The summed E-state index contributed by atoms with van der Waals surface area (Å²) in [5, 5.41) is 17.6. The van der Waals surface area contributed by atoms with Gasteiger partial charge >= 0.3 is 5.97 Å². The Kier molecular flexibility index (Phi) is 3.50. The molecule has 98 valence electrons. The minimum Gasteiger partial charge on any atom is -0.481 e. The van der Waals surface area contributed by atoms with Crippen LogP contribution < -0.4 is 0 Å². The summed E-state index contributed by atoms with van der Waals surface area (Å²) in [6.07, 6.45) is 5.28. The first kappa shape index (κ1) is 12.8. The van der Waals surface area contributed by atoms with Crippen LogP contribution in [0.1, 0.15) is 50.3 Å². The molecular formula is C13H19N3O2. The Morgan fingerprint density at radius 2 is 2.06 bits per heavy atom. The molecule has 0 spiro atoms. The second kappa shape index (κ2) is 4.92. The van der Waals surface area contributed by atoms with Gasteiger partial charge in [0.1, 0.15) is 11.6 Å². The highest BCUT2D eigenvalue weighted by atomic mass is 16.4. The second-order valence-corrected chi connectivity index (χ2v) is 5.06. The Morgan fingerprint density at radius 3 is 2.67 bits per heavy atom. The van der Waals surface area contributed by atoms with Gasteiger partial charge in [0.25, 0.3) is 0 Å². The van der Waals surface area contributed by atoms with Gasteiger partial charge in [-0.15, -0.1) is 10.2 Å². The maximum atomic E-state index is 11.3. The number of carboxylic acids is 1. The Labute approximate surface area is 107 Å². The van der Waals surface area contributed by atoms with Crippen LogP contribution in [0, 0.1) is 12.8 Å². The molecule has 0 saturated heterocycles. The molecule has 2 rings (SSSR count). The summed E-state index contributed by atoms with van der Waals surface area (Å²) < 4.78 is 2.04. The Bertz CT molecular complexity index is 477. The van der Waals surface area contributed by atoms with Gasteiger partial charge in [-0.25, -0.2) is 0 Å². The highest BCUT2D eigenvalue weighted by Crippen LogP contribution is 2.35. The molecule has 0 unspecified atom stereocenters. The van der Waals surface area contributed by atoms with Crippen molar-refractivity contribution < 1.29 is 9.90 Å². The third-order valence-electron chi connectivity index (χ3n) is 3.49. The smallest absolute Gasteiger partial charge is 0.307 e. The molecule has 0 fully saturated rings. The van der Waals surface area contributed by atoms with Crippen molar-refractivity contribution in [2.75, 3.05) is 0 Å². The van der Waals surface area contributed by atoms with Crippen molar-refractivity contribution >= 4 is 5.97 Å². The number of rotatable bonds is 3. The molecule has 0 amide bonds. The van der Waals surface area contributed by atoms with Gasteiger partial charge < -0.3 is 9.67 Å². The predicted octanol–water partition coefficient (Wildman–Crippen LogP) is 2.30. The van der Waals surface area contributed by atoms with E-state index in [2.05, 4.69) is 24.0 Å². The highest BCUT2D eigenvalue weighted by molar-refractivity contribution is 5.71. The topological polar surface area (TPSA) is 68.0 Å². The van der Waals surface area contributed by atoms with Crippen molar-refractivity contribution in [1.29, 1.82) is 0 Å². The van der Waals surface area contributed by atoms with Crippen LogP contribution in [0.15, 0.2) is 12.2 Å². The van der Waals surface area contributed by atoms with Crippen LogP contribution in [0.3, 0.4) is 0 Å². The summed E-state index contributed by atoms with van der Waals surface area (Å²) in [6, 6.07) is 0.246. The van der Waals surface area contributed by atoms with Gasteiger partial charge in [-0.05, 0) is 33.6 Å². The van der Waals surface area contributed by atoms with E-state index in [1.165, 1.54) is 0 Å². The molecule has 1 heterocycles. The molecule has 1 N–H and O–H groups in total. The van der Waals surface area contributed by atoms with Gasteiger partial charge in [-0.3, -0.25) is 4.79 Å². The first-order valence-corrected chi connectivity index (χ1v) is 6.31. The Balaban J connectivity index is 2.41. The molecule has 1 aliphatic carbocycles. The van der Waals surface area contributed by atoms with E-state index in [-0.39, 0.29) is 12.0 Å². The van der Waals surface area contributed by atoms with Crippen LogP contribution in [0.2, 0.25) is 0 Å². The zero-order chi connectivity index (χ0) is 13.3. The molecule has 5 nitrogen and oxygen atoms in total. The van der Waals surface area contributed by atoms with E-state index >= 15 is 0 Å². The fraction of sp³-hybridized carbons (Fsp3) is 0.615. The van der Waals surface area contributed by atoms with Crippen molar-refractivity contribution in [1.82, 2.24) is 14.8 Å². The highest BCUT2D eigenvalue weighted by Gasteiger charge is 2.34. The van der Waals surface area contributed by atoms with E-state index in [0.717, 1.165) is 18.1 Å². The summed E-state index contributed by atoms with van der Waals surface area (Å²) in [7, 11) is 0. The summed E-state index contributed by atoms with van der Waals surface area (Å²) >= 11 is 0. The number of hydrogen-bond acceptors (Lipinski definition) is 3. The quantitative estimate of drug-likeness (QED) is 0.835. The van der Waals surface area contributed by atoms with Crippen LogP contribution in [0.4, 0.5) is 0 Å². The molecule has 0 saturated carbocycles. The number of aliphatic carboxylic acids is 1. The fourth-order valence-electron chi connectivity index (χ4n) is 2.65. The molecule has 0 bridgehead atoms. The molecule has 5 heteroatoms. The van der Waals surface area contributed by atoms with E-state index in [0.29, 0.717) is 6.42 Å². The average Bonchev–Trinajstić information content (AvgIpc) is 2.71. The van der Waals surface area contributed by atoms with Crippen molar-refractivity contribution in [2.24, 2.45) is 5.92 Å². The predicted molar refractivity (Wildman–Crippen MR) is 67.4 cm³/mol. The maximum absolute atomic E-state index is 11.3. The number of carboxylic acid groups (broad SMARTS) is 1. The largest absolute Gasteiger partial charge is 0.481 e. The average molecular weight is 249 g/mol. The number of nitrogens with zero attached hydrogens (tertiary/aromatic N) is 3. The molecule has 0 aromatic carbocycles. The lowest BCUT2D eigenvalue weighted by Gasteiger charge is -2.26. The standard InChI is InChI=1S/C13H19N3O2/c1-8(2)16-9(3)14-15-12(16)10-6-4-5-7-11(10)13(17)18/h4-5,8,10-11H,6-7H2,1-3H3,(H,17,18)/t10-,11+/m1/s1. The SMILES string of the molecule is Cc1nnc([C@@H]2CC=CC[C@@H]2C(=O)O)n1C(C)C. The molecular weight excluding hydrogens is 230 g/mol. The first-order chi connectivity index (χ1) is 8.52. The van der Waals surface area contributed by atoms with Crippen LogP contribution in [-0.4, -0.2) is 25.8 Å². The van der Waals surface area contributed by atoms with E-state index in [1.54, 1.807) is 0 Å². The zero-order valence-electron chi connectivity index (χ0n) is 11.0. The van der Waals surface area contributed by atoms with Crippen LogP contribution in [0.5, 0.6) is 0 Å². The molecule has 1 aliphatic rings. The van der Waals surface area contributed by atoms with Gasteiger partial charge in [-0.2, -0.15) is 0 Å². The minimum atomic E-state index is -0.750. The first-order valence-electron chi connectivity index (χ1n) is 6.31. The van der Waals surface area contributed by atoms with Gasteiger partial charge in [0, 0.05) is 12.0 Å². The molecule has 0 aliphatic heterocycles. The van der Waals surface area contributed by atoms with Gasteiger partial charge in [0.2, 0.25) is 0 Å². The van der Waals surface area contributed by atoms with Crippen LogP contribution in [0.25, 0.3) is 0 Å². The van der Waals surface area contributed by atoms with Crippen molar-refractivity contribution in [3.63, 3.8) is 0 Å². The minimum absolute atomic E-state index is 0.0731. The molecule has 2 atom stereocenters. The van der Waals surface area contributed by atoms with E-state index in [9.17, 15) is 9.90 Å². The lowest BCUT2D eigenvalue weighted by Crippen LogP contribution is -2.26. The zero-order valence-corrected chi connectivity index (χ0v) is 11.0. The number of allylic oxidation sites excluding steroid dienone is 2. The number of hydrogen-bond donors (Lipinski definition) is 1. The fourth-order valence-corrected chi connectivity index (χ4v) is 2.65. The summed E-state index contributed by atoms with van der Waals surface area (Å²) in [6.45, 7) is 6.04. The van der Waals surface area contributed by atoms with Crippen molar-refractivity contribution in [2.45, 2.75) is 45.6 Å². The normalized spacial score (nSPS) is 23.6. The van der Waals surface area contributed by atoms with Gasteiger partial charge in [-0.1, -0.05) is 12.2 Å². The third-order valence-corrected chi connectivity index (χ3v) is 3.49. The van der Waals surface area contributed by atoms with E-state index in [1.807, 2.05) is 23.6 Å². The number of aryl methyl sites for hydroxylation is 1. The third kappa shape index (κ3) is 2.17. The summed E-state index contributed by atoms with van der Waals surface area (Å²) in [5.74, 6) is 0.436. The number of aromatic nitrogens is 3. The monoisotopic (exact) mass is 249 g/mol. The second-order valence-electron chi connectivity index (χ2n) is 5.06. The van der Waals surface area contributed by atoms with Crippen LogP contribution in [-0.2, 0) is 4.79 Å². The van der Waals surface area contributed by atoms with Gasteiger partial charge in [0.05, 0.1) is 5.92 Å².